The average Bonchev–Trinajstić information content (AvgIpc) is 3.37. The molecule has 0 unspecified atom stereocenters. The number of benzene rings is 2. The minimum absolute atomic E-state index is 0.0411. The van der Waals surface area contributed by atoms with Gasteiger partial charge in [0.05, 0.1) is 30.1 Å². The van der Waals surface area contributed by atoms with Gasteiger partial charge >= 0.3 is 0 Å². The van der Waals surface area contributed by atoms with E-state index in [0.29, 0.717) is 42.2 Å². The van der Waals surface area contributed by atoms with Crippen molar-refractivity contribution >= 4 is 5.91 Å². The number of carbonyl (C=O) groups is 1. The molecule has 0 spiro atoms. The molecule has 0 bridgehead atoms. The van der Waals surface area contributed by atoms with Crippen molar-refractivity contribution in [1.29, 1.82) is 0 Å². The van der Waals surface area contributed by atoms with E-state index in [0.717, 1.165) is 11.1 Å². The van der Waals surface area contributed by atoms with Crippen molar-refractivity contribution in [3.8, 4) is 0 Å². The SMILES string of the molecule is Cc1nc2c(c(=O)n1C(c1ccccc1)c1ccccc1)CCN(C(=O)c1ccoc1)C2. The zero-order chi connectivity index (χ0) is 22.1. The number of carbonyl (C=O) groups excluding carboxylic acids is 1. The summed E-state index contributed by atoms with van der Waals surface area (Å²) in [5.41, 5.74) is 3.87. The molecule has 32 heavy (non-hydrogen) atoms. The Bertz CT molecular complexity index is 1260. The van der Waals surface area contributed by atoms with Crippen LogP contribution in [0, 0.1) is 6.92 Å². The van der Waals surface area contributed by atoms with Crippen LogP contribution in [0.4, 0.5) is 0 Å². The van der Waals surface area contributed by atoms with Crippen LogP contribution in [0.3, 0.4) is 0 Å². The first-order valence-electron chi connectivity index (χ1n) is 10.7. The lowest BCUT2D eigenvalue weighted by atomic mass is 9.97. The Morgan fingerprint density at radius 2 is 1.66 bits per heavy atom. The van der Waals surface area contributed by atoms with Crippen molar-refractivity contribution in [2.75, 3.05) is 6.54 Å². The first-order chi connectivity index (χ1) is 15.6. The zero-order valence-corrected chi connectivity index (χ0v) is 17.8. The first kappa shape index (κ1) is 20.0. The Labute approximate surface area is 185 Å². The van der Waals surface area contributed by atoms with Crippen molar-refractivity contribution in [3.63, 3.8) is 0 Å². The van der Waals surface area contributed by atoms with Gasteiger partial charge in [-0.2, -0.15) is 0 Å². The van der Waals surface area contributed by atoms with E-state index >= 15 is 0 Å². The third-order valence-electron chi connectivity index (χ3n) is 5.99. The standard InChI is InChI=1S/C26H23N3O3/c1-18-27-23-16-28(25(30)21-13-15-32-17-21)14-12-22(23)26(31)29(18)24(19-8-4-2-5-9-19)20-10-6-3-7-11-20/h2-11,13,15,17,24H,12,14,16H2,1H3. The summed E-state index contributed by atoms with van der Waals surface area (Å²) in [5.74, 6) is 0.517. The van der Waals surface area contributed by atoms with Gasteiger partial charge in [0.2, 0.25) is 0 Å². The second kappa shape index (κ2) is 8.30. The van der Waals surface area contributed by atoms with Gasteiger partial charge in [0.25, 0.3) is 11.5 Å². The Hall–Kier alpha value is -3.93. The summed E-state index contributed by atoms with van der Waals surface area (Å²) < 4.78 is 6.83. The van der Waals surface area contributed by atoms with E-state index in [-0.39, 0.29) is 17.5 Å². The van der Waals surface area contributed by atoms with Crippen molar-refractivity contribution in [2.45, 2.75) is 25.9 Å². The van der Waals surface area contributed by atoms with E-state index in [1.807, 2.05) is 67.6 Å². The topological polar surface area (TPSA) is 68.3 Å². The average molecular weight is 425 g/mol. The Balaban J connectivity index is 1.58. The zero-order valence-electron chi connectivity index (χ0n) is 17.8. The minimum Gasteiger partial charge on any atom is -0.472 e. The van der Waals surface area contributed by atoms with Gasteiger partial charge in [-0.05, 0) is 30.5 Å². The number of nitrogens with zero attached hydrogens (tertiary/aromatic N) is 3. The predicted octanol–water partition coefficient (Wildman–Crippen LogP) is 3.98. The molecule has 6 nitrogen and oxygen atoms in total. The molecular weight excluding hydrogens is 402 g/mol. The van der Waals surface area contributed by atoms with E-state index in [2.05, 4.69) is 0 Å². The lowest BCUT2D eigenvalue weighted by Crippen LogP contribution is -2.42. The molecular formula is C26H23N3O3. The molecule has 5 rings (SSSR count). The highest BCUT2D eigenvalue weighted by atomic mass is 16.3. The number of aromatic nitrogens is 2. The van der Waals surface area contributed by atoms with Crippen LogP contribution in [0.1, 0.15) is 44.6 Å². The molecule has 1 aliphatic rings. The van der Waals surface area contributed by atoms with Crippen LogP contribution in [0.2, 0.25) is 0 Å². The van der Waals surface area contributed by atoms with E-state index < -0.39 is 0 Å². The molecule has 0 atom stereocenters. The van der Waals surface area contributed by atoms with Gasteiger partial charge in [0.1, 0.15) is 12.1 Å². The lowest BCUT2D eigenvalue weighted by Gasteiger charge is -2.30. The predicted molar refractivity (Wildman–Crippen MR) is 121 cm³/mol. The number of hydrogen-bond donors (Lipinski definition) is 0. The van der Waals surface area contributed by atoms with Crippen molar-refractivity contribution in [1.82, 2.24) is 14.5 Å². The van der Waals surface area contributed by atoms with Gasteiger partial charge in [0, 0.05) is 12.1 Å². The second-order valence-electron chi connectivity index (χ2n) is 7.97. The van der Waals surface area contributed by atoms with E-state index in [1.165, 1.54) is 12.5 Å². The van der Waals surface area contributed by atoms with Crippen LogP contribution in [0.25, 0.3) is 0 Å². The van der Waals surface area contributed by atoms with Crippen LogP contribution >= 0.6 is 0 Å². The molecule has 1 aliphatic heterocycles. The Kier molecular flexibility index (Phi) is 5.19. The Morgan fingerprint density at radius 3 is 2.25 bits per heavy atom. The third-order valence-corrected chi connectivity index (χ3v) is 5.99. The fourth-order valence-electron chi connectivity index (χ4n) is 4.43. The summed E-state index contributed by atoms with van der Waals surface area (Å²) in [6.07, 6.45) is 3.40. The maximum absolute atomic E-state index is 13.7. The molecule has 0 fully saturated rings. The molecule has 0 saturated heterocycles. The summed E-state index contributed by atoms with van der Waals surface area (Å²) >= 11 is 0. The van der Waals surface area contributed by atoms with E-state index in [9.17, 15) is 9.59 Å². The van der Waals surface area contributed by atoms with Crippen LogP contribution in [-0.4, -0.2) is 26.9 Å². The summed E-state index contributed by atoms with van der Waals surface area (Å²) in [4.78, 5) is 33.0. The molecule has 0 saturated carbocycles. The van der Waals surface area contributed by atoms with Gasteiger partial charge in [-0.1, -0.05) is 60.7 Å². The van der Waals surface area contributed by atoms with Gasteiger partial charge in [0.15, 0.2) is 0 Å². The van der Waals surface area contributed by atoms with Crippen LogP contribution in [0.5, 0.6) is 0 Å². The summed E-state index contributed by atoms with van der Waals surface area (Å²) in [6.45, 7) is 2.65. The molecule has 6 heteroatoms. The summed E-state index contributed by atoms with van der Waals surface area (Å²) in [6, 6.07) is 21.4. The molecule has 3 heterocycles. The molecule has 0 aliphatic carbocycles. The van der Waals surface area contributed by atoms with Crippen molar-refractivity contribution in [3.05, 3.63) is 123 Å². The summed E-state index contributed by atoms with van der Waals surface area (Å²) in [7, 11) is 0. The smallest absolute Gasteiger partial charge is 0.257 e. The number of amides is 1. The number of rotatable bonds is 4. The fraction of sp³-hybridized carbons (Fsp3) is 0.192. The third kappa shape index (κ3) is 3.54. The van der Waals surface area contributed by atoms with Crippen LogP contribution in [-0.2, 0) is 13.0 Å². The fourth-order valence-corrected chi connectivity index (χ4v) is 4.43. The molecule has 160 valence electrons. The second-order valence-corrected chi connectivity index (χ2v) is 7.97. The molecule has 1 amide bonds. The number of aryl methyl sites for hydroxylation is 1. The van der Waals surface area contributed by atoms with Crippen molar-refractivity contribution < 1.29 is 9.21 Å². The van der Waals surface area contributed by atoms with Gasteiger partial charge in [-0.15, -0.1) is 0 Å². The highest BCUT2D eigenvalue weighted by molar-refractivity contribution is 5.93. The summed E-state index contributed by atoms with van der Waals surface area (Å²) in [5, 5.41) is 0. The lowest BCUT2D eigenvalue weighted by molar-refractivity contribution is 0.0730. The maximum atomic E-state index is 13.7. The Morgan fingerprint density at radius 1 is 1.00 bits per heavy atom. The monoisotopic (exact) mass is 425 g/mol. The molecule has 4 aromatic rings. The van der Waals surface area contributed by atoms with E-state index in [4.69, 9.17) is 9.40 Å². The minimum atomic E-state index is -0.270. The highest BCUT2D eigenvalue weighted by Crippen LogP contribution is 2.27. The van der Waals surface area contributed by atoms with Gasteiger partial charge in [-0.25, -0.2) is 4.98 Å². The normalized spacial score (nSPS) is 13.2. The van der Waals surface area contributed by atoms with Gasteiger partial charge in [-0.3, -0.25) is 14.2 Å². The number of hydrogen-bond acceptors (Lipinski definition) is 4. The first-order valence-corrected chi connectivity index (χ1v) is 10.7. The van der Waals surface area contributed by atoms with Crippen molar-refractivity contribution in [2.24, 2.45) is 0 Å². The van der Waals surface area contributed by atoms with Gasteiger partial charge < -0.3 is 9.32 Å². The van der Waals surface area contributed by atoms with E-state index in [1.54, 1.807) is 15.5 Å². The highest BCUT2D eigenvalue weighted by Gasteiger charge is 2.29. The molecule has 2 aromatic carbocycles. The molecule has 0 radical (unpaired) electrons. The van der Waals surface area contributed by atoms with Crippen LogP contribution < -0.4 is 5.56 Å². The molecule has 2 aromatic heterocycles. The maximum Gasteiger partial charge on any atom is 0.257 e. The number of fused-ring (bicyclic) bond motifs is 1. The number of furan rings is 1. The largest absolute Gasteiger partial charge is 0.472 e. The quantitative estimate of drug-likeness (QED) is 0.496. The van der Waals surface area contributed by atoms with Crippen LogP contribution in [0.15, 0.2) is 88.5 Å². The molecule has 0 N–H and O–H groups in total.